The van der Waals surface area contributed by atoms with Gasteiger partial charge in [-0.1, -0.05) is 6.07 Å². The fraction of sp³-hybridized carbons (Fsp3) is 0.571. The Morgan fingerprint density at radius 1 is 1.35 bits per heavy atom. The van der Waals surface area contributed by atoms with Crippen LogP contribution < -0.4 is 11.3 Å². The molecule has 1 fully saturated rings. The fourth-order valence-electron chi connectivity index (χ4n) is 2.84. The lowest BCUT2D eigenvalue weighted by molar-refractivity contribution is -0.137. The van der Waals surface area contributed by atoms with Crippen LogP contribution in [0.15, 0.2) is 18.2 Å². The summed E-state index contributed by atoms with van der Waals surface area (Å²) in [5.74, 6) is 5.62. The van der Waals surface area contributed by atoms with Crippen LogP contribution in [0.4, 0.5) is 13.2 Å². The van der Waals surface area contributed by atoms with Crippen molar-refractivity contribution in [3.05, 3.63) is 34.9 Å². The number of halogens is 3. The van der Waals surface area contributed by atoms with Gasteiger partial charge < -0.3 is 4.74 Å². The third-order valence-corrected chi connectivity index (χ3v) is 4.21. The third kappa shape index (κ3) is 2.55. The summed E-state index contributed by atoms with van der Waals surface area (Å²) in [7, 11) is 1.61. The number of hydrogen-bond donors (Lipinski definition) is 2. The van der Waals surface area contributed by atoms with Gasteiger partial charge >= 0.3 is 6.18 Å². The molecule has 2 rings (SSSR count). The number of hydrogen-bond acceptors (Lipinski definition) is 3. The van der Waals surface area contributed by atoms with E-state index in [0.717, 1.165) is 37.0 Å². The molecule has 1 saturated carbocycles. The molecule has 0 radical (unpaired) electrons. The summed E-state index contributed by atoms with van der Waals surface area (Å²) >= 11 is 0. The first-order chi connectivity index (χ1) is 9.34. The van der Waals surface area contributed by atoms with Crippen molar-refractivity contribution >= 4 is 0 Å². The number of hydrazine groups is 1. The van der Waals surface area contributed by atoms with Crippen LogP contribution in [0.1, 0.15) is 42.0 Å². The van der Waals surface area contributed by atoms with Gasteiger partial charge in [0.1, 0.15) is 0 Å². The van der Waals surface area contributed by atoms with Gasteiger partial charge in [-0.2, -0.15) is 13.2 Å². The molecule has 0 spiro atoms. The quantitative estimate of drug-likeness (QED) is 0.661. The second-order valence-corrected chi connectivity index (χ2v) is 5.29. The molecule has 6 heteroatoms. The summed E-state index contributed by atoms with van der Waals surface area (Å²) in [6, 6.07) is 3.43. The van der Waals surface area contributed by atoms with Crippen molar-refractivity contribution in [1.29, 1.82) is 0 Å². The summed E-state index contributed by atoms with van der Waals surface area (Å²) in [6.07, 6.45) is -1.60. The zero-order chi connectivity index (χ0) is 15.0. The maximum Gasteiger partial charge on any atom is 0.416 e. The van der Waals surface area contributed by atoms with Crippen molar-refractivity contribution in [3.8, 4) is 0 Å². The van der Waals surface area contributed by atoms with Crippen molar-refractivity contribution < 1.29 is 17.9 Å². The van der Waals surface area contributed by atoms with Crippen molar-refractivity contribution in [1.82, 2.24) is 5.43 Å². The molecule has 1 aliphatic rings. The normalized spacial score (nSPS) is 19.5. The lowest BCUT2D eigenvalue weighted by Gasteiger charge is -2.46. The minimum Gasteiger partial charge on any atom is -0.376 e. The standard InChI is InChI=1S/C14H19F3N2O/c1-9-8-10(14(15,16)17)4-5-11(9)12(19-18)13(20-2)6-3-7-13/h4-5,8,12,19H,3,6-7,18H2,1-2H3. The van der Waals surface area contributed by atoms with Crippen LogP contribution in [-0.2, 0) is 10.9 Å². The molecule has 0 amide bonds. The first-order valence-corrected chi connectivity index (χ1v) is 6.53. The second kappa shape index (κ2) is 5.35. The van der Waals surface area contributed by atoms with Gasteiger partial charge in [-0.15, -0.1) is 0 Å². The van der Waals surface area contributed by atoms with Gasteiger partial charge in [0.25, 0.3) is 0 Å². The van der Waals surface area contributed by atoms with Crippen LogP contribution in [0.25, 0.3) is 0 Å². The molecular formula is C14H19F3N2O. The maximum absolute atomic E-state index is 12.7. The van der Waals surface area contributed by atoms with Crippen LogP contribution in [0.3, 0.4) is 0 Å². The molecule has 3 N–H and O–H groups in total. The number of methoxy groups -OCH3 is 1. The Kier molecular flexibility index (Phi) is 4.09. The monoisotopic (exact) mass is 288 g/mol. The molecule has 1 aliphatic carbocycles. The van der Waals surface area contributed by atoms with Crippen molar-refractivity contribution in [2.24, 2.45) is 5.84 Å². The molecule has 1 aromatic carbocycles. The Morgan fingerprint density at radius 2 is 2.00 bits per heavy atom. The highest BCUT2D eigenvalue weighted by Crippen LogP contribution is 2.45. The first-order valence-electron chi connectivity index (χ1n) is 6.53. The summed E-state index contributed by atoms with van der Waals surface area (Å²) < 4.78 is 43.7. The molecule has 20 heavy (non-hydrogen) atoms. The van der Waals surface area contributed by atoms with Crippen molar-refractivity contribution in [2.45, 2.75) is 44.0 Å². The average molecular weight is 288 g/mol. The van der Waals surface area contributed by atoms with Crippen molar-refractivity contribution in [3.63, 3.8) is 0 Å². The van der Waals surface area contributed by atoms with Gasteiger partial charge in [-0.25, -0.2) is 0 Å². The number of aryl methyl sites for hydroxylation is 1. The summed E-state index contributed by atoms with van der Waals surface area (Å²) in [5.41, 5.74) is 2.96. The van der Waals surface area contributed by atoms with Gasteiger partial charge in [0.05, 0.1) is 17.2 Å². The third-order valence-electron chi connectivity index (χ3n) is 4.21. The van der Waals surface area contributed by atoms with E-state index in [1.54, 1.807) is 14.0 Å². The predicted molar refractivity (Wildman–Crippen MR) is 69.8 cm³/mol. The van der Waals surface area contributed by atoms with Crippen LogP contribution in [0.2, 0.25) is 0 Å². The first kappa shape index (κ1) is 15.3. The number of alkyl halides is 3. The molecule has 1 aromatic rings. The van der Waals surface area contributed by atoms with E-state index in [1.165, 1.54) is 6.07 Å². The van der Waals surface area contributed by atoms with E-state index in [2.05, 4.69) is 5.43 Å². The Bertz CT molecular complexity index is 478. The zero-order valence-corrected chi connectivity index (χ0v) is 11.6. The topological polar surface area (TPSA) is 47.3 Å². The van der Waals surface area contributed by atoms with Crippen LogP contribution in [0, 0.1) is 6.92 Å². The number of rotatable bonds is 4. The molecule has 1 unspecified atom stereocenters. The number of nitrogens with two attached hydrogens (primary N) is 1. The smallest absolute Gasteiger partial charge is 0.376 e. The minimum atomic E-state index is -4.33. The van der Waals surface area contributed by atoms with E-state index in [9.17, 15) is 13.2 Å². The van der Waals surface area contributed by atoms with Gasteiger partial charge in [0.2, 0.25) is 0 Å². The summed E-state index contributed by atoms with van der Waals surface area (Å²) in [5, 5.41) is 0. The molecule has 3 nitrogen and oxygen atoms in total. The van der Waals surface area contributed by atoms with E-state index in [-0.39, 0.29) is 6.04 Å². The summed E-state index contributed by atoms with van der Waals surface area (Å²) in [6.45, 7) is 1.66. The second-order valence-electron chi connectivity index (χ2n) is 5.29. The molecule has 112 valence electrons. The van der Waals surface area contributed by atoms with Gasteiger partial charge in [-0.3, -0.25) is 11.3 Å². The van der Waals surface area contributed by atoms with Crippen LogP contribution >= 0.6 is 0 Å². The van der Waals surface area contributed by atoms with Crippen LogP contribution in [0.5, 0.6) is 0 Å². The number of benzene rings is 1. The molecule has 0 heterocycles. The number of ether oxygens (including phenoxy) is 1. The summed E-state index contributed by atoms with van der Waals surface area (Å²) in [4.78, 5) is 0. The van der Waals surface area contributed by atoms with Crippen LogP contribution in [-0.4, -0.2) is 12.7 Å². The van der Waals surface area contributed by atoms with Gasteiger partial charge in [0, 0.05) is 7.11 Å². The van der Waals surface area contributed by atoms with E-state index in [4.69, 9.17) is 10.6 Å². The van der Waals surface area contributed by atoms with Gasteiger partial charge in [0.15, 0.2) is 0 Å². The molecule has 0 aromatic heterocycles. The van der Waals surface area contributed by atoms with Crippen molar-refractivity contribution in [2.75, 3.05) is 7.11 Å². The van der Waals surface area contributed by atoms with E-state index in [1.807, 2.05) is 0 Å². The molecule has 0 bridgehead atoms. The predicted octanol–water partition coefficient (Wildman–Crippen LogP) is 3.09. The molecule has 0 aliphatic heterocycles. The Hall–Kier alpha value is -1.11. The zero-order valence-electron chi connectivity index (χ0n) is 11.6. The maximum atomic E-state index is 12.7. The fourth-order valence-corrected chi connectivity index (χ4v) is 2.84. The largest absolute Gasteiger partial charge is 0.416 e. The molecule has 0 saturated heterocycles. The average Bonchev–Trinajstić information content (AvgIpc) is 2.33. The van der Waals surface area contributed by atoms with E-state index in [0.29, 0.717) is 5.56 Å². The van der Waals surface area contributed by atoms with E-state index >= 15 is 0 Å². The Labute approximate surface area is 116 Å². The lowest BCUT2D eigenvalue weighted by Crippen LogP contribution is -2.52. The Balaban J connectivity index is 2.36. The molecule has 1 atom stereocenters. The highest BCUT2D eigenvalue weighted by molar-refractivity contribution is 5.36. The number of nitrogens with one attached hydrogen (secondary N) is 1. The van der Waals surface area contributed by atoms with Gasteiger partial charge in [-0.05, 0) is 49.4 Å². The van der Waals surface area contributed by atoms with E-state index < -0.39 is 17.3 Å². The Morgan fingerprint density at radius 3 is 2.35 bits per heavy atom. The lowest BCUT2D eigenvalue weighted by atomic mass is 9.71. The molecular weight excluding hydrogens is 269 g/mol. The SMILES string of the molecule is COC1(C(NN)c2ccc(C(F)(F)F)cc2C)CCC1. The highest BCUT2D eigenvalue weighted by atomic mass is 19.4. The highest BCUT2D eigenvalue weighted by Gasteiger charge is 2.45. The minimum absolute atomic E-state index is 0.302.